The topological polar surface area (TPSA) is 124 Å². The van der Waals surface area contributed by atoms with Crippen LogP contribution >= 0.6 is 0 Å². The Morgan fingerprint density at radius 2 is 2.00 bits per heavy atom. The molecule has 142 valence electrons. The van der Waals surface area contributed by atoms with Crippen molar-refractivity contribution in [2.75, 3.05) is 32.7 Å². The molecule has 1 aliphatic heterocycles. The van der Waals surface area contributed by atoms with Crippen molar-refractivity contribution in [2.24, 2.45) is 0 Å². The molecule has 2 aliphatic rings. The van der Waals surface area contributed by atoms with Crippen LogP contribution in [0.1, 0.15) is 23.3 Å². The van der Waals surface area contributed by atoms with Gasteiger partial charge in [-0.1, -0.05) is 0 Å². The van der Waals surface area contributed by atoms with Crippen molar-refractivity contribution in [1.29, 1.82) is 0 Å². The summed E-state index contributed by atoms with van der Waals surface area (Å²) in [7, 11) is 0. The van der Waals surface area contributed by atoms with E-state index in [1.807, 2.05) is 4.90 Å². The van der Waals surface area contributed by atoms with E-state index in [1.54, 1.807) is 11.0 Å². The molecule has 1 aromatic carbocycles. The van der Waals surface area contributed by atoms with Crippen LogP contribution in [0.2, 0.25) is 0 Å². The fourth-order valence-electron chi connectivity index (χ4n) is 3.24. The van der Waals surface area contributed by atoms with Crippen LogP contribution in [-0.2, 0) is 4.79 Å². The number of rotatable bonds is 5. The Hall–Kier alpha value is -3.01. The van der Waals surface area contributed by atoms with Gasteiger partial charge in [-0.2, -0.15) is 5.10 Å². The largest absolute Gasteiger partial charge is 0.352 e. The first-order valence-corrected chi connectivity index (χ1v) is 8.95. The highest BCUT2D eigenvalue weighted by Crippen LogP contribution is 2.23. The number of H-pyrrole nitrogens is 1. The number of non-ortho nitro benzene ring substituents is 1. The number of piperazine rings is 1. The van der Waals surface area contributed by atoms with E-state index in [9.17, 15) is 19.7 Å². The average Bonchev–Trinajstić information content (AvgIpc) is 3.36. The highest BCUT2D eigenvalue weighted by molar-refractivity contribution is 6.05. The maximum Gasteiger partial charge on any atom is 0.275 e. The number of nitro groups is 1. The molecule has 27 heavy (non-hydrogen) atoms. The highest BCUT2D eigenvalue weighted by atomic mass is 16.6. The zero-order chi connectivity index (χ0) is 19.0. The van der Waals surface area contributed by atoms with E-state index in [4.69, 9.17) is 0 Å². The van der Waals surface area contributed by atoms with Gasteiger partial charge in [0.05, 0.1) is 17.0 Å². The molecule has 2 heterocycles. The van der Waals surface area contributed by atoms with E-state index in [2.05, 4.69) is 15.5 Å². The van der Waals surface area contributed by atoms with Crippen molar-refractivity contribution in [3.63, 3.8) is 0 Å². The number of benzene rings is 1. The van der Waals surface area contributed by atoms with E-state index in [0.717, 1.165) is 12.8 Å². The second-order valence-corrected chi connectivity index (χ2v) is 6.97. The molecule has 0 radical (unpaired) electrons. The number of carbonyl (C=O) groups is 2. The summed E-state index contributed by atoms with van der Waals surface area (Å²) < 4.78 is 0. The van der Waals surface area contributed by atoms with E-state index in [0.29, 0.717) is 49.7 Å². The molecule has 0 spiro atoms. The monoisotopic (exact) mass is 372 g/mol. The molecule has 2 N–H and O–H groups in total. The Morgan fingerprint density at radius 1 is 1.26 bits per heavy atom. The lowest BCUT2D eigenvalue weighted by molar-refractivity contribution is -0.384. The number of fused-ring (bicyclic) bond motifs is 1. The summed E-state index contributed by atoms with van der Waals surface area (Å²) >= 11 is 0. The summed E-state index contributed by atoms with van der Waals surface area (Å²) in [5, 5.41) is 21.2. The maximum atomic E-state index is 12.8. The average molecular weight is 372 g/mol. The third kappa shape index (κ3) is 3.75. The van der Waals surface area contributed by atoms with Gasteiger partial charge in [0.1, 0.15) is 0 Å². The van der Waals surface area contributed by atoms with Crippen LogP contribution in [0.25, 0.3) is 10.9 Å². The Bertz CT molecular complexity index is 898. The molecule has 0 bridgehead atoms. The van der Waals surface area contributed by atoms with Crippen LogP contribution in [0.5, 0.6) is 0 Å². The number of nitrogens with one attached hydrogen (secondary N) is 2. The number of hydrogen-bond acceptors (Lipinski definition) is 6. The molecule has 1 aromatic heterocycles. The van der Waals surface area contributed by atoms with Gasteiger partial charge in [-0.3, -0.25) is 29.7 Å². The molecule has 4 rings (SSSR count). The van der Waals surface area contributed by atoms with Crippen LogP contribution in [0.3, 0.4) is 0 Å². The van der Waals surface area contributed by atoms with Crippen LogP contribution in [0, 0.1) is 10.1 Å². The number of nitrogens with zero attached hydrogens (tertiary/aromatic N) is 4. The van der Waals surface area contributed by atoms with Crippen molar-refractivity contribution < 1.29 is 14.5 Å². The summed E-state index contributed by atoms with van der Waals surface area (Å²) in [6, 6.07) is 4.63. The number of aromatic amines is 1. The molecular weight excluding hydrogens is 352 g/mol. The third-order valence-corrected chi connectivity index (χ3v) is 4.93. The Labute approximate surface area is 154 Å². The Morgan fingerprint density at radius 3 is 2.67 bits per heavy atom. The van der Waals surface area contributed by atoms with E-state index in [1.165, 1.54) is 12.1 Å². The first-order chi connectivity index (χ1) is 13.0. The summed E-state index contributed by atoms with van der Waals surface area (Å²) in [5.74, 6) is -0.230. The highest BCUT2D eigenvalue weighted by Gasteiger charge is 2.28. The van der Waals surface area contributed by atoms with Crippen LogP contribution < -0.4 is 5.32 Å². The lowest BCUT2D eigenvalue weighted by atomic mass is 10.1. The molecule has 10 heteroatoms. The predicted molar refractivity (Wildman–Crippen MR) is 96.3 cm³/mol. The van der Waals surface area contributed by atoms with Gasteiger partial charge in [-0.15, -0.1) is 0 Å². The van der Waals surface area contributed by atoms with Gasteiger partial charge in [0.15, 0.2) is 5.69 Å². The van der Waals surface area contributed by atoms with Gasteiger partial charge in [-0.25, -0.2) is 0 Å². The van der Waals surface area contributed by atoms with Gasteiger partial charge < -0.3 is 10.2 Å². The van der Waals surface area contributed by atoms with E-state index >= 15 is 0 Å². The van der Waals surface area contributed by atoms with Gasteiger partial charge in [-0.05, 0) is 18.9 Å². The summed E-state index contributed by atoms with van der Waals surface area (Å²) in [4.78, 5) is 38.9. The van der Waals surface area contributed by atoms with Crippen molar-refractivity contribution in [1.82, 2.24) is 25.3 Å². The Kier molecular flexibility index (Phi) is 4.48. The van der Waals surface area contributed by atoms with Crippen molar-refractivity contribution >= 4 is 28.4 Å². The molecule has 1 saturated carbocycles. The van der Waals surface area contributed by atoms with E-state index < -0.39 is 4.92 Å². The molecule has 0 unspecified atom stereocenters. The second kappa shape index (κ2) is 6.95. The first-order valence-electron chi connectivity index (χ1n) is 8.95. The number of nitro benzene ring substituents is 1. The zero-order valence-electron chi connectivity index (χ0n) is 14.7. The molecule has 2 fully saturated rings. The minimum Gasteiger partial charge on any atom is -0.352 e. The summed E-state index contributed by atoms with van der Waals surface area (Å²) in [6.45, 7) is 2.52. The van der Waals surface area contributed by atoms with Crippen LogP contribution in [-0.4, -0.2) is 75.5 Å². The van der Waals surface area contributed by atoms with Crippen molar-refractivity contribution in [2.45, 2.75) is 18.9 Å². The fourth-order valence-corrected chi connectivity index (χ4v) is 3.24. The zero-order valence-corrected chi connectivity index (χ0v) is 14.7. The third-order valence-electron chi connectivity index (χ3n) is 4.93. The molecule has 0 atom stereocenters. The molecule has 2 amide bonds. The summed E-state index contributed by atoms with van der Waals surface area (Å²) in [6.07, 6.45) is 2.12. The predicted octanol–water partition coefficient (Wildman–Crippen LogP) is 0.508. The van der Waals surface area contributed by atoms with Crippen molar-refractivity contribution in [3.05, 3.63) is 34.0 Å². The molecule has 10 nitrogen and oxygen atoms in total. The van der Waals surface area contributed by atoms with Crippen molar-refractivity contribution in [3.8, 4) is 0 Å². The Balaban J connectivity index is 1.40. The summed E-state index contributed by atoms with van der Waals surface area (Å²) in [5.41, 5.74) is 0.692. The first kappa shape index (κ1) is 17.4. The quantitative estimate of drug-likeness (QED) is 0.582. The van der Waals surface area contributed by atoms with Gasteiger partial charge >= 0.3 is 0 Å². The van der Waals surface area contributed by atoms with E-state index in [-0.39, 0.29) is 23.2 Å². The number of amides is 2. The van der Waals surface area contributed by atoms with Crippen LogP contribution in [0.15, 0.2) is 18.2 Å². The molecule has 2 aromatic rings. The number of aromatic nitrogens is 2. The minimum atomic E-state index is -0.494. The van der Waals surface area contributed by atoms with Gasteiger partial charge in [0.2, 0.25) is 5.91 Å². The molecular formula is C17H20N6O4. The number of hydrogen-bond donors (Lipinski definition) is 2. The van der Waals surface area contributed by atoms with Gasteiger partial charge in [0.25, 0.3) is 11.6 Å². The smallest absolute Gasteiger partial charge is 0.275 e. The normalized spacial score (nSPS) is 17.9. The number of carbonyl (C=O) groups excluding carboxylic acids is 2. The SMILES string of the molecule is O=C(CN1CCN(C(=O)c2n[nH]c3ccc([N+](=O)[O-])cc23)CC1)NC1CC1. The lowest BCUT2D eigenvalue weighted by Gasteiger charge is -2.34. The molecule has 1 saturated heterocycles. The molecule has 1 aliphatic carbocycles. The van der Waals surface area contributed by atoms with Gasteiger partial charge in [0, 0.05) is 49.7 Å². The lowest BCUT2D eigenvalue weighted by Crippen LogP contribution is -2.51. The standard InChI is InChI=1S/C17H20N6O4/c24-15(18-11-1-2-11)10-21-5-7-22(8-6-21)17(25)16-13-9-12(23(26)27)3-4-14(13)19-20-16/h3-4,9,11H,1-2,5-8,10H2,(H,18,24)(H,19,20). The fraction of sp³-hybridized carbons (Fsp3) is 0.471. The van der Waals surface area contributed by atoms with Crippen LogP contribution in [0.4, 0.5) is 5.69 Å². The maximum absolute atomic E-state index is 12.8. The minimum absolute atomic E-state index is 0.0304. The second-order valence-electron chi connectivity index (χ2n) is 6.97.